The second-order valence-corrected chi connectivity index (χ2v) is 7.85. The Morgan fingerprint density at radius 2 is 1.76 bits per heavy atom. The Labute approximate surface area is 181 Å². The second-order valence-electron chi connectivity index (χ2n) is 7.05. The van der Waals surface area contributed by atoms with Crippen LogP contribution in [0.3, 0.4) is 0 Å². The Morgan fingerprint density at radius 3 is 2.34 bits per heavy atom. The number of nitrogens with one attached hydrogen (secondary N) is 1. The summed E-state index contributed by atoms with van der Waals surface area (Å²) in [4.78, 5) is 26.9. The van der Waals surface area contributed by atoms with E-state index in [2.05, 4.69) is 21.2 Å². The first kappa shape index (κ1) is 22.9. The summed E-state index contributed by atoms with van der Waals surface area (Å²) in [5.74, 6) is 0.271. The van der Waals surface area contributed by atoms with E-state index in [4.69, 9.17) is 4.74 Å². The Hall–Kier alpha value is -2.34. The average Bonchev–Trinajstić information content (AvgIpc) is 2.71. The smallest absolute Gasteiger partial charge is 0.261 e. The first-order valence-corrected chi connectivity index (χ1v) is 10.6. The fourth-order valence-corrected chi connectivity index (χ4v) is 3.34. The van der Waals surface area contributed by atoms with Gasteiger partial charge in [-0.3, -0.25) is 9.59 Å². The van der Waals surface area contributed by atoms with Crippen molar-refractivity contribution < 1.29 is 14.3 Å². The van der Waals surface area contributed by atoms with Gasteiger partial charge in [0.15, 0.2) is 6.61 Å². The van der Waals surface area contributed by atoms with E-state index in [0.29, 0.717) is 25.3 Å². The predicted octanol–water partition coefficient (Wildman–Crippen LogP) is 4.04. The van der Waals surface area contributed by atoms with E-state index in [-0.39, 0.29) is 18.4 Å². The van der Waals surface area contributed by atoms with Crippen LogP contribution in [0.1, 0.15) is 30.5 Å². The van der Waals surface area contributed by atoms with Gasteiger partial charge in [-0.1, -0.05) is 46.3 Å². The third-order valence-electron chi connectivity index (χ3n) is 4.77. The molecule has 1 N–H and O–H groups in total. The van der Waals surface area contributed by atoms with Crippen molar-refractivity contribution in [2.24, 2.45) is 0 Å². The molecule has 0 heterocycles. The Balaban J connectivity index is 2.09. The third kappa shape index (κ3) is 6.60. The highest BCUT2D eigenvalue weighted by Crippen LogP contribution is 2.26. The minimum Gasteiger partial charge on any atom is -0.484 e. The minimum absolute atomic E-state index is 0.112. The van der Waals surface area contributed by atoms with Gasteiger partial charge in [0.2, 0.25) is 5.91 Å². The van der Waals surface area contributed by atoms with E-state index in [9.17, 15) is 9.59 Å². The van der Waals surface area contributed by atoms with E-state index >= 15 is 0 Å². The molecule has 0 radical (unpaired) electrons. The molecule has 0 saturated carbocycles. The predicted molar refractivity (Wildman–Crippen MR) is 119 cm³/mol. The summed E-state index contributed by atoms with van der Waals surface area (Å²) in [5.41, 5.74) is 3.21. The van der Waals surface area contributed by atoms with Crippen molar-refractivity contribution in [3.63, 3.8) is 0 Å². The SMILES string of the molecule is CCNC(=O)C(C)N(CCc1ccccc1)C(=O)COc1cc(C)c(Br)c(C)c1. The van der Waals surface area contributed by atoms with E-state index in [1.165, 1.54) is 0 Å². The quantitative estimate of drug-likeness (QED) is 0.613. The first-order valence-electron chi connectivity index (χ1n) is 9.84. The van der Waals surface area contributed by atoms with Gasteiger partial charge >= 0.3 is 0 Å². The average molecular weight is 461 g/mol. The Bertz CT molecular complexity index is 816. The molecule has 5 nitrogen and oxygen atoms in total. The maximum atomic E-state index is 12.9. The maximum Gasteiger partial charge on any atom is 0.261 e. The van der Waals surface area contributed by atoms with Crippen LogP contribution in [-0.4, -0.2) is 42.5 Å². The molecule has 0 bridgehead atoms. The van der Waals surface area contributed by atoms with Gasteiger partial charge in [0.25, 0.3) is 5.91 Å². The van der Waals surface area contributed by atoms with Crippen LogP contribution >= 0.6 is 15.9 Å². The lowest BCUT2D eigenvalue weighted by molar-refractivity contribution is -0.141. The van der Waals surface area contributed by atoms with Gasteiger partial charge < -0.3 is 15.0 Å². The molecule has 0 aliphatic carbocycles. The lowest BCUT2D eigenvalue weighted by Crippen LogP contribution is -2.50. The molecule has 0 aliphatic heterocycles. The monoisotopic (exact) mass is 460 g/mol. The van der Waals surface area contributed by atoms with E-state index in [0.717, 1.165) is 21.2 Å². The largest absolute Gasteiger partial charge is 0.484 e. The molecule has 2 aromatic carbocycles. The van der Waals surface area contributed by atoms with Crippen LogP contribution < -0.4 is 10.1 Å². The summed E-state index contributed by atoms with van der Waals surface area (Å²) in [6.45, 7) is 8.44. The normalized spacial score (nSPS) is 11.6. The maximum absolute atomic E-state index is 12.9. The summed E-state index contributed by atoms with van der Waals surface area (Å²) in [6, 6.07) is 13.2. The van der Waals surface area contributed by atoms with Gasteiger partial charge in [-0.25, -0.2) is 0 Å². The minimum atomic E-state index is -0.567. The summed E-state index contributed by atoms with van der Waals surface area (Å²) in [5, 5.41) is 2.79. The van der Waals surface area contributed by atoms with Crippen molar-refractivity contribution in [2.75, 3.05) is 19.7 Å². The number of aryl methyl sites for hydroxylation is 2. The van der Waals surface area contributed by atoms with Gasteiger partial charge in [-0.05, 0) is 62.9 Å². The number of hydrogen-bond acceptors (Lipinski definition) is 3. The molecule has 0 aliphatic rings. The van der Waals surface area contributed by atoms with Crippen LogP contribution in [0.15, 0.2) is 46.9 Å². The number of halogens is 1. The fourth-order valence-electron chi connectivity index (χ4n) is 3.11. The molecule has 2 rings (SSSR count). The number of benzene rings is 2. The zero-order valence-corrected chi connectivity index (χ0v) is 19.1. The lowest BCUT2D eigenvalue weighted by atomic mass is 10.1. The molecule has 0 spiro atoms. The van der Waals surface area contributed by atoms with Crippen molar-refractivity contribution in [3.8, 4) is 5.75 Å². The number of nitrogens with zero attached hydrogens (tertiary/aromatic N) is 1. The number of carbonyl (C=O) groups excluding carboxylic acids is 2. The highest BCUT2D eigenvalue weighted by Gasteiger charge is 2.25. The number of rotatable bonds is 9. The third-order valence-corrected chi connectivity index (χ3v) is 6.03. The van der Waals surface area contributed by atoms with Crippen molar-refractivity contribution in [3.05, 3.63) is 63.6 Å². The molecular weight excluding hydrogens is 432 g/mol. The number of ether oxygens (including phenoxy) is 1. The second kappa shape index (κ2) is 11.0. The van der Waals surface area contributed by atoms with Crippen molar-refractivity contribution >= 4 is 27.7 Å². The van der Waals surface area contributed by atoms with Gasteiger partial charge in [0.05, 0.1) is 0 Å². The number of hydrogen-bond donors (Lipinski definition) is 1. The summed E-state index contributed by atoms with van der Waals surface area (Å²) < 4.78 is 6.80. The van der Waals surface area contributed by atoms with Gasteiger partial charge in [0.1, 0.15) is 11.8 Å². The van der Waals surface area contributed by atoms with Crippen LogP contribution in [-0.2, 0) is 16.0 Å². The van der Waals surface area contributed by atoms with E-state index < -0.39 is 6.04 Å². The van der Waals surface area contributed by atoms with Gasteiger partial charge in [0, 0.05) is 17.6 Å². The molecule has 0 fully saturated rings. The first-order chi connectivity index (χ1) is 13.8. The van der Waals surface area contributed by atoms with Crippen LogP contribution in [0.25, 0.3) is 0 Å². The zero-order chi connectivity index (χ0) is 21.4. The molecule has 29 heavy (non-hydrogen) atoms. The van der Waals surface area contributed by atoms with Crippen molar-refractivity contribution in [1.82, 2.24) is 10.2 Å². The van der Waals surface area contributed by atoms with Crippen LogP contribution in [0.2, 0.25) is 0 Å². The Morgan fingerprint density at radius 1 is 1.14 bits per heavy atom. The van der Waals surface area contributed by atoms with Crippen molar-refractivity contribution in [1.29, 1.82) is 0 Å². The standard InChI is InChI=1S/C23H29BrN2O3/c1-5-25-23(28)18(4)26(12-11-19-9-7-6-8-10-19)21(27)15-29-20-13-16(2)22(24)17(3)14-20/h6-10,13-14,18H,5,11-12,15H2,1-4H3,(H,25,28). The van der Waals surface area contributed by atoms with Crippen LogP contribution in [0, 0.1) is 13.8 Å². The van der Waals surface area contributed by atoms with E-state index in [1.54, 1.807) is 11.8 Å². The lowest BCUT2D eigenvalue weighted by Gasteiger charge is -2.28. The zero-order valence-electron chi connectivity index (χ0n) is 17.5. The number of amides is 2. The molecule has 1 unspecified atom stereocenters. The molecule has 6 heteroatoms. The topological polar surface area (TPSA) is 58.6 Å². The Kier molecular flexibility index (Phi) is 8.70. The van der Waals surface area contributed by atoms with Crippen LogP contribution in [0.5, 0.6) is 5.75 Å². The molecule has 156 valence electrons. The van der Waals surface area contributed by atoms with Crippen molar-refractivity contribution in [2.45, 2.75) is 40.2 Å². The highest BCUT2D eigenvalue weighted by atomic mass is 79.9. The molecule has 2 aromatic rings. The number of likely N-dealkylation sites (N-methyl/N-ethyl adjacent to an activating group) is 1. The molecular formula is C23H29BrN2O3. The summed E-state index contributed by atoms with van der Waals surface area (Å²) in [7, 11) is 0. The number of carbonyl (C=O) groups is 2. The van der Waals surface area contributed by atoms with E-state index in [1.807, 2.05) is 63.2 Å². The van der Waals surface area contributed by atoms with Crippen LogP contribution in [0.4, 0.5) is 0 Å². The fraction of sp³-hybridized carbons (Fsp3) is 0.391. The summed E-state index contributed by atoms with van der Waals surface area (Å²) >= 11 is 3.53. The summed E-state index contributed by atoms with van der Waals surface area (Å²) in [6.07, 6.45) is 0.673. The molecule has 2 amide bonds. The molecule has 1 atom stereocenters. The molecule has 0 aromatic heterocycles. The van der Waals surface area contributed by atoms with Gasteiger partial charge in [-0.2, -0.15) is 0 Å². The highest BCUT2D eigenvalue weighted by molar-refractivity contribution is 9.10. The molecule has 0 saturated heterocycles. The van der Waals surface area contributed by atoms with Gasteiger partial charge in [-0.15, -0.1) is 0 Å².